The Hall–Kier alpha value is -3.44. The number of aromatic amines is 1. The summed E-state index contributed by atoms with van der Waals surface area (Å²) in [5.41, 5.74) is 5.49. The Morgan fingerprint density at radius 3 is 2.62 bits per heavy atom. The molecule has 1 aromatic heterocycles. The number of hydrogen-bond donors (Lipinski definition) is 2. The van der Waals surface area contributed by atoms with Gasteiger partial charge in [0.15, 0.2) is 0 Å². The average Bonchev–Trinajstić information content (AvgIpc) is 3.40. The van der Waals surface area contributed by atoms with Crippen LogP contribution in [0.4, 0.5) is 18.9 Å². The smallest absolute Gasteiger partial charge is 0.416 e. The third-order valence-corrected chi connectivity index (χ3v) is 6.10. The van der Waals surface area contributed by atoms with E-state index >= 15 is 0 Å². The van der Waals surface area contributed by atoms with Gasteiger partial charge in [0.25, 0.3) is 5.91 Å². The van der Waals surface area contributed by atoms with Crippen molar-refractivity contribution in [3.05, 3.63) is 77.2 Å². The fraction of sp³-hybridized carbons (Fsp3) is 0.280. The quantitative estimate of drug-likeness (QED) is 0.426. The Morgan fingerprint density at radius 2 is 1.94 bits per heavy atom. The van der Waals surface area contributed by atoms with E-state index in [0.29, 0.717) is 23.4 Å². The number of H-pyrrole nitrogens is 1. The van der Waals surface area contributed by atoms with Gasteiger partial charge in [-0.15, -0.1) is 5.73 Å². The molecule has 0 saturated heterocycles. The predicted molar refractivity (Wildman–Crippen MR) is 120 cm³/mol. The number of ether oxygens (including phenoxy) is 1. The highest BCUT2D eigenvalue weighted by molar-refractivity contribution is 6.08. The molecule has 1 amide bonds. The standard InChI is InChI=1S/C25H21F3N2O2.2H2/c26-25(27,28)18-7-5-15(6-8-18)17-11-20(12-17)32-19-9-10-22-21(13-19)23(14-29-22)30-24(31)16-3-1-2-4-16;;/h1,5-10,13-14,17,20,29H,2,4,11-12H2,(H,30,31);2*1H. The SMILES string of the molecule is O=C(Nc1c[nH]c2ccc(OC3CC(c4ccc(C(F)(F)F)cc4)C3)cc12)C1=C=CCC1.[HH].[HH]. The first-order valence-electron chi connectivity index (χ1n) is 10.6. The molecule has 168 valence electrons. The summed E-state index contributed by atoms with van der Waals surface area (Å²) in [5, 5.41) is 3.79. The van der Waals surface area contributed by atoms with Gasteiger partial charge in [0, 0.05) is 20.0 Å². The van der Waals surface area contributed by atoms with Gasteiger partial charge in [-0.25, -0.2) is 0 Å². The topological polar surface area (TPSA) is 54.1 Å². The second-order valence-electron chi connectivity index (χ2n) is 8.26. The first kappa shape index (κ1) is 20.5. The van der Waals surface area contributed by atoms with Crippen molar-refractivity contribution in [2.75, 3.05) is 5.32 Å². The summed E-state index contributed by atoms with van der Waals surface area (Å²) in [5.74, 6) is 0.744. The molecule has 2 N–H and O–H groups in total. The number of halogens is 3. The van der Waals surface area contributed by atoms with E-state index in [9.17, 15) is 18.0 Å². The Bertz CT molecular complexity index is 1240. The highest BCUT2D eigenvalue weighted by Crippen LogP contribution is 2.41. The Morgan fingerprint density at radius 1 is 1.16 bits per heavy atom. The molecular formula is C25H25F3N2O2. The van der Waals surface area contributed by atoms with E-state index in [0.717, 1.165) is 47.9 Å². The number of amides is 1. The zero-order valence-electron chi connectivity index (χ0n) is 17.1. The van der Waals surface area contributed by atoms with E-state index in [1.165, 1.54) is 0 Å². The molecule has 0 atom stereocenters. The van der Waals surface area contributed by atoms with Crippen molar-refractivity contribution in [1.82, 2.24) is 4.98 Å². The second-order valence-corrected chi connectivity index (χ2v) is 8.26. The van der Waals surface area contributed by atoms with Crippen LogP contribution in [0.3, 0.4) is 0 Å². The summed E-state index contributed by atoms with van der Waals surface area (Å²) in [6.07, 6.45) is 2.35. The molecule has 0 spiro atoms. The molecule has 5 rings (SSSR count). The number of carbonyl (C=O) groups is 1. The van der Waals surface area contributed by atoms with Crippen LogP contribution in [0.1, 0.15) is 45.6 Å². The predicted octanol–water partition coefficient (Wildman–Crippen LogP) is 6.82. The number of carbonyl (C=O) groups excluding carboxylic acids is 1. The van der Waals surface area contributed by atoms with Crippen LogP contribution >= 0.6 is 0 Å². The van der Waals surface area contributed by atoms with Gasteiger partial charge in [-0.1, -0.05) is 12.1 Å². The lowest BCUT2D eigenvalue weighted by molar-refractivity contribution is -0.137. The second kappa shape index (κ2) is 7.92. The third kappa shape index (κ3) is 4.04. The Kier molecular flexibility index (Phi) is 5.06. The molecule has 2 aromatic carbocycles. The summed E-state index contributed by atoms with van der Waals surface area (Å²) in [6.45, 7) is 0. The van der Waals surface area contributed by atoms with Crippen LogP contribution in [0, 0.1) is 0 Å². The molecule has 1 fully saturated rings. The van der Waals surface area contributed by atoms with Gasteiger partial charge in [-0.3, -0.25) is 4.79 Å². The monoisotopic (exact) mass is 442 g/mol. The maximum absolute atomic E-state index is 12.7. The van der Waals surface area contributed by atoms with E-state index in [-0.39, 0.29) is 20.8 Å². The van der Waals surface area contributed by atoms with E-state index in [2.05, 4.69) is 16.0 Å². The lowest BCUT2D eigenvalue weighted by Gasteiger charge is -2.35. The van der Waals surface area contributed by atoms with Crippen molar-refractivity contribution in [3.63, 3.8) is 0 Å². The molecule has 7 heteroatoms. The van der Waals surface area contributed by atoms with Crippen LogP contribution in [0.5, 0.6) is 5.75 Å². The number of rotatable bonds is 5. The summed E-state index contributed by atoms with van der Waals surface area (Å²) < 4.78 is 44.3. The largest absolute Gasteiger partial charge is 0.490 e. The van der Waals surface area contributed by atoms with E-state index in [4.69, 9.17) is 4.74 Å². The van der Waals surface area contributed by atoms with E-state index in [1.54, 1.807) is 18.3 Å². The zero-order valence-corrected chi connectivity index (χ0v) is 17.1. The summed E-state index contributed by atoms with van der Waals surface area (Å²) in [4.78, 5) is 15.5. The number of anilines is 1. The number of hydrogen-bond acceptors (Lipinski definition) is 2. The third-order valence-electron chi connectivity index (χ3n) is 6.10. The van der Waals surface area contributed by atoms with Crippen LogP contribution in [0.2, 0.25) is 0 Å². The lowest BCUT2D eigenvalue weighted by atomic mass is 9.77. The zero-order chi connectivity index (χ0) is 22.3. The van der Waals surface area contributed by atoms with Crippen molar-refractivity contribution < 1.29 is 25.6 Å². The summed E-state index contributed by atoms with van der Waals surface area (Å²) in [6, 6.07) is 11.1. The molecule has 3 aromatic rings. The molecule has 1 saturated carbocycles. The molecule has 0 bridgehead atoms. The van der Waals surface area contributed by atoms with Gasteiger partial charge >= 0.3 is 6.18 Å². The van der Waals surface area contributed by atoms with Crippen LogP contribution in [-0.4, -0.2) is 17.0 Å². The molecule has 0 aliphatic heterocycles. The molecule has 2 aliphatic rings. The van der Waals surface area contributed by atoms with Crippen LogP contribution in [0.15, 0.2) is 66.0 Å². The van der Waals surface area contributed by atoms with E-state index in [1.807, 2.05) is 24.3 Å². The molecule has 1 heterocycles. The first-order valence-corrected chi connectivity index (χ1v) is 10.6. The van der Waals surface area contributed by atoms with E-state index < -0.39 is 11.7 Å². The van der Waals surface area contributed by atoms with Crippen molar-refractivity contribution >= 4 is 22.5 Å². The van der Waals surface area contributed by atoms with Gasteiger partial charge in [0.1, 0.15) is 5.75 Å². The maximum atomic E-state index is 12.7. The summed E-state index contributed by atoms with van der Waals surface area (Å²) >= 11 is 0. The molecule has 0 radical (unpaired) electrons. The molecule has 2 aliphatic carbocycles. The summed E-state index contributed by atoms with van der Waals surface area (Å²) in [7, 11) is 0. The van der Waals surface area contributed by atoms with Crippen molar-refractivity contribution in [3.8, 4) is 5.75 Å². The Balaban J connectivity index is 0.00000162. The lowest BCUT2D eigenvalue weighted by Crippen LogP contribution is -2.32. The van der Waals surface area contributed by atoms with Gasteiger partial charge in [0.2, 0.25) is 0 Å². The minimum Gasteiger partial charge on any atom is -0.490 e. The average molecular weight is 442 g/mol. The number of nitrogens with one attached hydrogen (secondary N) is 2. The molecular weight excluding hydrogens is 417 g/mol. The van der Waals surface area contributed by atoms with Crippen molar-refractivity contribution in [2.45, 2.75) is 43.9 Å². The number of benzene rings is 2. The van der Waals surface area contributed by atoms with Gasteiger partial charge < -0.3 is 15.0 Å². The van der Waals surface area contributed by atoms with Crippen LogP contribution in [0.25, 0.3) is 10.9 Å². The number of aromatic nitrogens is 1. The molecule has 0 unspecified atom stereocenters. The van der Waals surface area contributed by atoms with Crippen molar-refractivity contribution in [1.29, 1.82) is 0 Å². The van der Waals surface area contributed by atoms with Crippen LogP contribution < -0.4 is 10.1 Å². The van der Waals surface area contributed by atoms with Gasteiger partial charge in [0.05, 0.1) is 22.9 Å². The Labute approximate surface area is 185 Å². The highest BCUT2D eigenvalue weighted by atomic mass is 19.4. The van der Waals surface area contributed by atoms with Gasteiger partial charge in [-0.05, 0) is 73.6 Å². The van der Waals surface area contributed by atoms with Gasteiger partial charge in [-0.2, -0.15) is 13.2 Å². The fourth-order valence-corrected chi connectivity index (χ4v) is 4.21. The number of fused-ring (bicyclic) bond motifs is 1. The normalized spacial score (nSPS) is 20.2. The maximum Gasteiger partial charge on any atom is 0.416 e. The van der Waals surface area contributed by atoms with Crippen LogP contribution in [-0.2, 0) is 11.0 Å². The fourth-order valence-electron chi connectivity index (χ4n) is 4.21. The molecule has 32 heavy (non-hydrogen) atoms. The van der Waals surface area contributed by atoms with Crippen molar-refractivity contribution in [2.24, 2.45) is 0 Å². The number of alkyl halides is 3. The first-order chi connectivity index (χ1) is 15.4. The highest BCUT2D eigenvalue weighted by Gasteiger charge is 2.34. The minimum atomic E-state index is -4.32. The molecule has 4 nitrogen and oxygen atoms in total. The minimum absolute atomic E-state index is 0.